The molecule has 20 heavy (non-hydrogen) atoms. The van der Waals surface area contributed by atoms with Gasteiger partial charge in [0, 0.05) is 16.3 Å². The lowest BCUT2D eigenvalue weighted by Gasteiger charge is -2.08. The minimum atomic E-state index is -0.0530. The first-order chi connectivity index (χ1) is 9.67. The molecule has 3 nitrogen and oxygen atoms in total. The minimum Gasteiger partial charge on any atom is -0.376 e. The highest BCUT2D eigenvalue weighted by Crippen LogP contribution is 2.17. The summed E-state index contributed by atoms with van der Waals surface area (Å²) in [5.74, 6) is -0.0530. The van der Waals surface area contributed by atoms with E-state index in [1.54, 1.807) is 11.8 Å². The number of anilines is 2. The van der Waals surface area contributed by atoms with Gasteiger partial charge in [0.05, 0.1) is 6.54 Å². The van der Waals surface area contributed by atoms with E-state index < -0.39 is 0 Å². The minimum absolute atomic E-state index is 0.0530. The number of carbonyl (C=O) groups excluding carboxylic acids is 1. The Kier molecular flexibility index (Phi) is 5.07. The van der Waals surface area contributed by atoms with Crippen LogP contribution >= 0.6 is 11.8 Å². The first kappa shape index (κ1) is 14.5. The Balaban J connectivity index is 1.83. The Morgan fingerprint density at radius 2 is 1.60 bits per heavy atom. The second-order valence-electron chi connectivity index (χ2n) is 4.50. The number of thioether (sulfide) groups is 1. The fraction of sp³-hybridized carbons (Fsp3) is 0.188. The highest BCUT2D eigenvalue weighted by atomic mass is 32.2. The summed E-state index contributed by atoms with van der Waals surface area (Å²) >= 11 is 1.70. The maximum atomic E-state index is 11.8. The summed E-state index contributed by atoms with van der Waals surface area (Å²) in [6.07, 6.45) is 2.04. The molecule has 0 saturated heterocycles. The molecule has 0 saturated carbocycles. The van der Waals surface area contributed by atoms with E-state index in [2.05, 4.69) is 10.6 Å². The van der Waals surface area contributed by atoms with Gasteiger partial charge in [-0.3, -0.25) is 4.79 Å². The van der Waals surface area contributed by atoms with Crippen molar-refractivity contribution in [3.05, 3.63) is 54.1 Å². The molecule has 0 aliphatic rings. The zero-order valence-electron chi connectivity index (χ0n) is 11.6. The summed E-state index contributed by atoms with van der Waals surface area (Å²) in [6, 6.07) is 15.8. The van der Waals surface area contributed by atoms with Gasteiger partial charge in [0.25, 0.3) is 0 Å². The predicted octanol–water partition coefficient (Wildman–Crippen LogP) is 3.77. The number of nitrogens with one attached hydrogen (secondary N) is 2. The SMILES string of the molecule is CSc1ccc(NCC(=O)Nc2ccc(C)cc2)cc1. The van der Waals surface area contributed by atoms with Crippen LogP contribution in [-0.4, -0.2) is 18.7 Å². The number of carbonyl (C=O) groups is 1. The molecule has 2 aromatic carbocycles. The molecule has 0 unspecified atom stereocenters. The molecule has 2 rings (SSSR count). The maximum Gasteiger partial charge on any atom is 0.243 e. The first-order valence-corrected chi connectivity index (χ1v) is 7.64. The molecule has 0 aliphatic carbocycles. The average molecular weight is 286 g/mol. The van der Waals surface area contributed by atoms with Crippen LogP contribution in [0.15, 0.2) is 53.4 Å². The molecule has 2 N–H and O–H groups in total. The van der Waals surface area contributed by atoms with E-state index in [9.17, 15) is 4.79 Å². The van der Waals surface area contributed by atoms with Gasteiger partial charge in [0.1, 0.15) is 0 Å². The molecule has 1 amide bonds. The third-order valence-corrected chi connectivity index (χ3v) is 3.62. The van der Waals surface area contributed by atoms with Crippen LogP contribution in [0.3, 0.4) is 0 Å². The maximum absolute atomic E-state index is 11.8. The van der Waals surface area contributed by atoms with Crippen molar-refractivity contribution in [3.8, 4) is 0 Å². The van der Waals surface area contributed by atoms with Crippen LogP contribution in [0.2, 0.25) is 0 Å². The second kappa shape index (κ2) is 7.01. The van der Waals surface area contributed by atoms with E-state index in [0.29, 0.717) is 0 Å². The normalized spacial score (nSPS) is 10.1. The molecule has 2 aromatic rings. The van der Waals surface area contributed by atoms with Gasteiger partial charge in [-0.05, 0) is 49.6 Å². The lowest BCUT2D eigenvalue weighted by Crippen LogP contribution is -2.21. The van der Waals surface area contributed by atoms with Gasteiger partial charge in [-0.15, -0.1) is 11.8 Å². The van der Waals surface area contributed by atoms with Crippen molar-refractivity contribution >= 4 is 29.0 Å². The Morgan fingerprint density at radius 3 is 2.20 bits per heavy atom. The Bertz CT molecular complexity index is 564. The van der Waals surface area contributed by atoms with E-state index in [4.69, 9.17) is 0 Å². The molecule has 0 fully saturated rings. The van der Waals surface area contributed by atoms with E-state index in [1.807, 2.05) is 61.7 Å². The van der Waals surface area contributed by atoms with Crippen LogP contribution in [-0.2, 0) is 4.79 Å². The zero-order valence-corrected chi connectivity index (χ0v) is 12.5. The van der Waals surface area contributed by atoms with Gasteiger partial charge < -0.3 is 10.6 Å². The van der Waals surface area contributed by atoms with Crippen molar-refractivity contribution in [1.29, 1.82) is 0 Å². The number of rotatable bonds is 5. The van der Waals surface area contributed by atoms with Gasteiger partial charge in [0.2, 0.25) is 5.91 Å². The fourth-order valence-electron chi connectivity index (χ4n) is 1.73. The van der Waals surface area contributed by atoms with E-state index in [-0.39, 0.29) is 12.5 Å². The summed E-state index contributed by atoms with van der Waals surface area (Å²) < 4.78 is 0. The van der Waals surface area contributed by atoms with Gasteiger partial charge >= 0.3 is 0 Å². The third-order valence-electron chi connectivity index (χ3n) is 2.88. The van der Waals surface area contributed by atoms with E-state index >= 15 is 0 Å². The summed E-state index contributed by atoms with van der Waals surface area (Å²) in [5.41, 5.74) is 2.94. The smallest absolute Gasteiger partial charge is 0.243 e. The number of amides is 1. The topological polar surface area (TPSA) is 41.1 Å². The number of aryl methyl sites for hydroxylation is 1. The Morgan fingerprint density at radius 1 is 1.00 bits per heavy atom. The summed E-state index contributed by atoms with van der Waals surface area (Å²) in [6.45, 7) is 2.28. The van der Waals surface area contributed by atoms with Crippen molar-refractivity contribution < 1.29 is 4.79 Å². The van der Waals surface area contributed by atoms with Crippen LogP contribution in [0.5, 0.6) is 0 Å². The third kappa shape index (κ3) is 4.31. The van der Waals surface area contributed by atoms with Crippen molar-refractivity contribution in [3.63, 3.8) is 0 Å². The molecule has 0 bridgehead atoms. The summed E-state index contributed by atoms with van der Waals surface area (Å²) in [7, 11) is 0. The van der Waals surface area contributed by atoms with Gasteiger partial charge in [0.15, 0.2) is 0 Å². The van der Waals surface area contributed by atoms with Crippen molar-refractivity contribution in [2.45, 2.75) is 11.8 Å². The Labute approximate surface area is 123 Å². The number of hydrogen-bond donors (Lipinski definition) is 2. The largest absolute Gasteiger partial charge is 0.376 e. The summed E-state index contributed by atoms with van der Waals surface area (Å²) in [4.78, 5) is 13.0. The predicted molar refractivity (Wildman–Crippen MR) is 86.5 cm³/mol. The molecular formula is C16H18N2OS. The van der Waals surface area contributed by atoms with Gasteiger partial charge in [-0.2, -0.15) is 0 Å². The first-order valence-electron chi connectivity index (χ1n) is 6.42. The molecule has 0 aromatic heterocycles. The molecule has 0 atom stereocenters. The molecule has 104 valence electrons. The second-order valence-corrected chi connectivity index (χ2v) is 5.38. The zero-order chi connectivity index (χ0) is 14.4. The highest BCUT2D eigenvalue weighted by molar-refractivity contribution is 7.98. The molecular weight excluding hydrogens is 268 g/mol. The number of hydrogen-bond acceptors (Lipinski definition) is 3. The van der Waals surface area contributed by atoms with E-state index in [0.717, 1.165) is 11.4 Å². The van der Waals surface area contributed by atoms with Gasteiger partial charge in [-0.1, -0.05) is 17.7 Å². The highest BCUT2D eigenvalue weighted by Gasteiger charge is 2.02. The van der Waals surface area contributed by atoms with Crippen LogP contribution in [0.4, 0.5) is 11.4 Å². The number of benzene rings is 2. The van der Waals surface area contributed by atoms with Crippen LogP contribution in [0.1, 0.15) is 5.56 Å². The quantitative estimate of drug-likeness (QED) is 0.822. The van der Waals surface area contributed by atoms with Crippen LogP contribution < -0.4 is 10.6 Å². The molecule has 0 heterocycles. The lowest BCUT2D eigenvalue weighted by molar-refractivity contribution is -0.114. The lowest BCUT2D eigenvalue weighted by atomic mass is 10.2. The van der Waals surface area contributed by atoms with Gasteiger partial charge in [-0.25, -0.2) is 0 Å². The fourth-order valence-corrected chi connectivity index (χ4v) is 2.14. The van der Waals surface area contributed by atoms with Crippen molar-refractivity contribution in [2.75, 3.05) is 23.4 Å². The molecule has 0 spiro atoms. The van der Waals surface area contributed by atoms with Crippen LogP contribution in [0, 0.1) is 6.92 Å². The standard InChI is InChI=1S/C16H18N2OS/c1-12-3-5-14(6-4-12)18-16(19)11-17-13-7-9-15(20-2)10-8-13/h3-10,17H,11H2,1-2H3,(H,18,19). The molecule has 0 aliphatic heterocycles. The van der Waals surface area contributed by atoms with E-state index in [1.165, 1.54) is 10.5 Å². The molecule has 0 radical (unpaired) electrons. The Hall–Kier alpha value is -1.94. The monoisotopic (exact) mass is 286 g/mol. The average Bonchev–Trinajstić information content (AvgIpc) is 2.48. The van der Waals surface area contributed by atoms with Crippen LogP contribution in [0.25, 0.3) is 0 Å². The van der Waals surface area contributed by atoms with Crippen molar-refractivity contribution in [2.24, 2.45) is 0 Å². The summed E-state index contributed by atoms with van der Waals surface area (Å²) in [5, 5.41) is 5.96. The van der Waals surface area contributed by atoms with Crippen molar-refractivity contribution in [1.82, 2.24) is 0 Å². The molecule has 4 heteroatoms.